The van der Waals surface area contributed by atoms with Gasteiger partial charge in [-0.2, -0.15) is 0 Å². The zero-order valence-corrected chi connectivity index (χ0v) is 12.3. The van der Waals surface area contributed by atoms with Gasteiger partial charge in [-0.05, 0) is 37.6 Å². The second-order valence-corrected chi connectivity index (χ2v) is 4.81. The van der Waals surface area contributed by atoms with Crippen LogP contribution in [0.3, 0.4) is 0 Å². The zero-order valence-electron chi connectivity index (χ0n) is 12.3. The molecule has 0 aliphatic heterocycles. The molecule has 0 unspecified atom stereocenters. The van der Waals surface area contributed by atoms with Crippen LogP contribution in [0, 0.1) is 0 Å². The highest BCUT2D eigenvalue weighted by atomic mass is 16.5. The standard InChI is InChI=1S/C17H20N2O2/c1-3-13(2)21-16-11-7-10-15(12-16)19-17(20)18-14-8-5-4-6-9-14/h4-13H,3H2,1-2H3,(H2,18,19,20)/t13-/m1/s1. The van der Waals surface area contributed by atoms with E-state index < -0.39 is 0 Å². The van der Waals surface area contributed by atoms with Crippen molar-refractivity contribution < 1.29 is 9.53 Å². The van der Waals surface area contributed by atoms with E-state index in [0.29, 0.717) is 5.69 Å². The third kappa shape index (κ3) is 4.84. The van der Waals surface area contributed by atoms with Gasteiger partial charge in [0.05, 0.1) is 6.10 Å². The topological polar surface area (TPSA) is 50.4 Å². The second kappa shape index (κ2) is 7.33. The molecule has 2 rings (SSSR count). The lowest BCUT2D eigenvalue weighted by molar-refractivity contribution is 0.217. The number of anilines is 2. The maximum absolute atomic E-state index is 11.9. The maximum Gasteiger partial charge on any atom is 0.323 e. The fourth-order valence-corrected chi connectivity index (χ4v) is 1.78. The summed E-state index contributed by atoms with van der Waals surface area (Å²) in [4.78, 5) is 11.9. The zero-order chi connectivity index (χ0) is 15.1. The molecule has 0 saturated carbocycles. The fourth-order valence-electron chi connectivity index (χ4n) is 1.78. The summed E-state index contributed by atoms with van der Waals surface area (Å²) >= 11 is 0. The summed E-state index contributed by atoms with van der Waals surface area (Å²) < 4.78 is 5.73. The van der Waals surface area contributed by atoms with Crippen molar-refractivity contribution in [3.63, 3.8) is 0 Å². The molecule has 0 aromatic heterocycles. The number of ether oxygens (including phenoxy) is 1. The van der Waals surface area contributed by atoms with E-state index in [-0.39, 0.29) is 12.1 Å². The van der Waals surface area contributed by atoms with Crippen molar-refractivity contribution in [1.29, 1.82) is 0 Å². The van der Waals surface area contributed by atoms with Gasteiger partial charge in [0.15, 0.2) is 0 Å². The molecule has 0 aliphatic rings. The summed E-state index contributed by atoms with van der Waals surface area (Å²) in [5.74, 6) is 0.752. The SMILES string of the molecule is CC[C@@H](C)Oc1cccc(NC(=O)Nc2ccccc2)c1. The van der Waals surface area contributed by atoms with Gasteiger partial charge in [0, 0.05) is 17.4 Å². The van der Waals surface area contributed by atoms with E-state index in [2.05, 4.69) is 17.6 Å². The highest BCUT2D eigenvalue weighted by Gasteiger charge is 2.05. The molecule has 2 amide bonds. The van der Waals surface area contributed by atoms with Crippen LogP contribution in [0.5, 0.6) is 5.75 Å². The summed E-state index contributed by atoms with van der Waals surface area (Å²) in [6, 6.07) is 16.4. The summed E-state index contributed by atoms with van der Waals surface area (Å²) in [6.45, 7) is 4.09. The Hall–Kier alpha value is -2.49. The Balaban J connectivity index is 1.96. The quantitative estimate of drug-likeness (QED) is 0.848. The fraction of sp³-hybridized carbons (Fsp3) is 0.235. The molecule has 0 saturated heterocycles. The lowest BCUT2D eigenvalue weighted by atomic mass is 10.3. The monoisotopic (exact) mass is 284 g/mol. The van der Waals surface area contributed by atoms with Crippen LogP contribution in [-0.2, 0) is 0 Å². The summed E-state index contributed by atoms with van der Waals surface area (Å²) in [6.07, 6.45) is 1.09. The number of carbonyl (C=O) groups is 1. The molecular weight excluding hydrogens is 264 g/mol. The molecule has 0 bridgehead atoms. The summed E-state index contributed by atoms with van der Waals surface area (Å²) in [7, 11) is 0. The minimum atomic E-state index is -0.276. The molecule has 21 heavy (non-hydrogen) atoms. The first-order valence-corrected chi connectivity index (χ1v) is 7.07. The molecule has 110 valence electrons. The predicted octanol–water partition coefficient (Wildman–Crippen LogP) is 4.51. The van der Waals surface area contributed by atoms with Crippen molar-refractivity contribution >= 4 is 17.4 Å². The molecule has 1 atom stereocenters. The van der Waals surface area contributed by atoms with Gasteiger partial charge in [0.1, 0.15) is 5.75 Å². The van der Waals surface area contributed by atoms with Gasteiger partial charge in [-0.3, -0.25) is 0 Å². The summed E-state index contributed by atoms with van der Waals surface area (Å²) in [5, 5.41) is 5.56. The Morgan fingerprint density at radius 3 is 2.43 bits per heavy atom. The van der Waals surface area contributed by atoms with E-state index in [1.807, 2.05) is 61.5 Å². The van der Waals surface area contributed by atoms with Crippen molar-refractivity contribution in [3.05, 3.63) is 54.6 Å². The Kier molecular flexibility index (Phi) is 5.21. The first-order valence-electron chi connectivity index (χ1n) is 7.07. The van der Waals surface area contributed by atoms with E-state index in [1.54, 1.807) is 0 Å². The van der Waals surface area contributed by atoms with Gasteiger partial charge < -0.3 is 15.4 Å². The molecule has 2 aromatic rings. The molecule has 2 aromatic carbocycles. The van der Waals surface area contributed by atoms with Gasteiger partial charge in [-0.15, -0.1) is 0 Å². The summed E-state index contributed by atoms with van der Waals surface area (Å²) in [5.41, 5.74) is 1.45. The number of benzene rings is 2. The smallest absolute Gasteiger partial charge is 0.323 e. The third-order valence-electron chi connectivity index (χ3n) is 3.04. The van der Waals surface area contributed by atoms with Gasteiger partial charge in [0.25, 0.3) is 0 Å². The average molecular weight is 284 g/mol. The Morgan fingerprint density at radius 2 is 1.71 bits per heavy atom. The Morgan fingerprint density at radius 1 is 1.05 bits per heavy atom. The van der Waals surface area contributed by atoms with Crippen molar-refractivity contribution in [2.24, 2.45) is 0 Å². The molecule has 4 nitrogen and oxygen atoms in total. The number of hydrogen-bond donors (Lipinski definition) is 2. The van der Waals surface area contributed by atoms with Crippen LogP contribution in [0.1, 0.15) is 20.3 Å². The lowest BCUT2D eigenvalue weighted by Gasteiger charge is -2.14. The first kappa shape index (κ1) is 14.9. The van der Waals surface area contributed by atoms with Crippen molar-refractivity contribution in [2.75, 3.05) is 10.6 Å². The van der Waals surface area contributed by atoms with Crippen LogP contribution in [0.25, 0.3) is 0 Å². The molecule has 0 fully saturated rings. The Bertz CT molecular complexity index is 584. The van der Waals surface area contributed by atoms with Crippen LogP contribution in [0.2, 0.25) is 0 Å². The number of urea groups is 1. The number of carbonyl (C=O) groups excluding carboxylic acids is 1. The number of para-hydroxylation sites is 1. The first-order chi connectivity index (χ1) is 10.2. The molecule has 0 radical (unpaired) electrons. The van der Waals surface area contributed by atoms with Crippen LogP contribution in [0.15, 0.2) is 54.6 Å². The van der Waals surface area contributed by atoms with Crippen molar-refractivity contribution in [3.8, 4) is 5.75 Å². The highest BCUT2D eigenvalue weighted by Crippen LogP contribution is 2.19. The second-order valence-electron chi connectivity index (χ2n) is 4.81. The molecular formula is C17H20N2O2. The van der Waals surface area contributed by atoms with Crippen LogP contribution in [0.4, 0.5) is 16.2 Å². The van der Waals surface area contributed by atoms with E-state index in [9.17, 15) is 4.79 Å². The number of rotatable bonds is 5. The number of hydrogen-bond acceptors (Lipinski definition) is 2. The van der Waals surface area contributed by atoms with Gasteiger partial charge in [-0.25, -0.2) is 4.79 Å². The normalized spacial score (nSPS) is 11.5. The van der Waals surface area contributed by atoms with E-state index in [4.69, 9.17) is 4.74 Å². The van der Waals surface area contributed by atoms with Crippen LogP contribution in [-0.4, -0.2) is 12.1 Å². The molecule has 4 heteroatoms. The van der Waals surface area contributed by atoms with E-state index in [0.717, 1.165) is 17.9 Å². The Labute approximate surface area is 125 Å². The molecule has 0 spiro atoms. The van der Waals surface area contributed by atoms with Crippen molar-refractivity contribution in [1.82, 2.24) is 0 Å². The van der Waals surface area contributed by atoms with Gasteiger partial charge in [0.2, 0.25) is 0 Å². The van der Waals surface area contributed by atoms with Crippen molar-refractivity contribution in [2.45, 2.75) is 26.4 Å². The van der Waals surface area contributed by atoms with Crippen LogP contribution < -0.4 is 15.4 Å². The minimum absolute atomic E-state index is 0.151. The lowest BCUT2D eigenvalue weighted by Crippen LogP contribution is -2.19. The molecule has 0 aliphatic carbocycles. The predicted molar refractivity (Wildman–Crippen MR) is 85.9 cm³/mol. The maximum atomic E-state index is 11.9. The third-order valence-corrected chi connectivity index (χ3v) is 3.04. The van der Waals surface area contributed by atoms with Crippen LogP contribution >= 0.6 is 0 Å². The molecule has 2 N–H and O–H groups in total. The van der Waals surface area contributed by atoms with Gasteiger partial charge >= 0.3 is 6.03 Å². The molecule has 0 heterocycles. The largest absolute Gasteiger partial charge is 0.491 e. The number of nitrogens with one attached hydrogen (secondary N) is 2. The number of amides is 2. The van der Waals surface area contributed by atoms with E-state index >= 15 is 0 Å². The van der Waals surface area contributed by atoms with Gasteiger partial charge in [-0.1, -0.05) is 31.2 Å². The minimum Gasteiger partial charge on any atom is -0.491 e. The van der Waals surface area contributed by atoms with E-state index in [1.165, 1.54) is 0 Å². The highest BCUT2D eigenvalue weighted by molar-refractivity contribution is 5.99. The average Bonchev–Trinajstić information content (AvgIpc) is 2.48.